The van der Waals surface area contributed by atoms with Crippen molar-refractivity contribution < 1.29 is 22.7 Å². The summed E-state index contributed by atoms with van der Waals surface area (Å²) >= 11 is 0. The Balaban J connectivity index is 2.25. The first-order valence-electron chi connectivity index (χ1n) is 13.3. The molecule has 2 aromatic carbocycles. The lowest BCUT2D eigenvalue weighted by atomic mass is 10.1. The second-order valence-electron chi connectivity index (χ2n) is 9.91. The molecule has 2 aromatic rings. The number of amides is 2. The third-order valence-electron chi connectivity index (χ3n) is 6.09. The van der Waals surface area contributed by atoms with E-state index in [0.717, 1.165) is 17.4 Å². The first kappa shape index (κ1) is 31.1. The molecule has 0 saturated heterocycles. The number of ether oxygens (including phenoxy) is 1. The third-order valence-corrected chi connectivity index (χ3v) is 7.27. The molecule has 0 aliphatic heterocycles. The van der Waals surface area contributed by atoms with E-state index in [1.807, 2.05) is 58.9 Å². The minimum atomic E-state index is -3.62. The number of hydrogen-bond donors (Lipinski definition) is 1. The fourth-order valence-electron chi connectivity index (χ4n) is 4.27. The molecule has 2 rings (SSSR count). The molecule has 0 aromatic heterocycles. The van der Waals surface area contributed by atoms with Crippen molar-refractivity contribution in [2.75, 3.05) is 30.3 Å². The molecule has 0 aliphatic carbocycles. The molecule has 0 heterocycles. The van der Waals surface area contributed by atoms with Gasteiger partial charge in [0.15, 0.2) is 0 Å². The van der Waals surface area contributed by atoms with Gasteiger partial charge in [-0.15, -0.1) is 0 Å². The van der Waals surface area contributed by atoms with Gasteiger partial charge in [0.05, 0.1) is 18.6 Å². The van der Waals surface area contributed by atoms with Gasteiger partial charge in [-0.2, -0.15) is 0 Å². The maximum atomic E-state index is 13.6. The molecule has 1 atom stereocenters. The van der Waals surface area contributed by atoms with Gasteiger partial charge in [0.1, 0.15) is 11.8 Å². The Morgan fingerprint density at radius 3 is 2.37 bits per heavy atom. The van der Waals surface area contributed by atoms with E-state index in [0.29, 0.717) is 49.9 Å². The van der Waals surface area contributed by atoms with E-state index < -0.39 is 16.1 Å². The summed E-state index contributed by atoms with van der Waals surface area (Å²) in [5.74, 6) is 0.398. The summed E-state index contributed by atoms with van der Waals surface area (Å²) in [6.45, 7) is 11.1. The van der Waals surface area contributed by atoms with Crippen molar-refractivity contribution in [1.29, 1.82) is 0 Å². The fraction of sp³-hybridized carbons (Fsp3) is 0.517. The summed E-state index contributed by atoms with van der Waals surface area (Å²) in [5, 5.41) is 2.97. The van der Waals surface area contributed by atoms with Gasteiger partial charge in [-0.05, 0) is 50.3 Å². The maximum absolute atomic E-state index is 13.6. The Morgan fingerprint density at radius 2 is 1.76 bits per heavy atom. The van der Waals surface area contributed by atoms with Gasteiger partial charge in [-0.1, -0.05) is 62.7 Å². The van der Waals surface area contributed by atoms with Crippen molar-refractivity contribution in [1.82, 2.24) is 10.2 Å². The molecule has 0 saturated carbocycles. The van der Waals surface area contributed by atoms with Crippen molar-refractivity contribution >= 4 is 27.5 Å². The van der Waals surface area contributed by atoms with E-state index in [4.69, 9.17) is 4.74 Å². The number of carbonyl (C=O) groups excluding carboxylic acids is 2. The molecule has 9 heteroatoms. The van der Waals surface area contributed by atoms with E-state index >= 15 is 0 Å². The van der Waals surface area contributed by atoms with Crippen LogP contribution in [-0.4, -0.2) is 57.1 Å². The summed E-state index contributed by atoms with van der Waals surface area (Å²) in [6, 6.07) is 14.2. The van der Waals surface area contributed by atoms with Crippen LogP contribution in [0.3, 0.4) is 0 Å². The van der Waals surface area contributed by atoms with Gasteiger partial charge in [0.2, 0.25) is 21.8 Å². The van der Waals surface area contributed by atoms with Crippen LogP contribution in [0.15, 0.2) is 48.5 Å². The normalized spacial score (nSPS) is 12.2. The SMILES string of the molecule is CCOc1ccccc1N(CCCC(=O)N(Cc1cccc(C)c1)[C@H](CC)C(=O)NCC(C)C)S(C)(=O)=O. The summed E-state index contributed by atoms with van der Waals surface area (Å²) in [5.41, 5.74) is 2.46. The predicted octanol–water partition coefficient (Wildman–Crippen LogP) is 4.52. The fourth-order valence-corrected chi connectivity index (χ4v) is 5.24. The Morgan fingerprint density at radius 1 is 1.05 bits per heavy atom. The molecule has 0 spiro atoms. The van der Waals surface area contributed by atoms with Crippen LogP contribution >= 0.6 is 0 Å². The molecule has 0 radical (unpaired) electrons. The van der Waals surface area contributed by atoms with E-state index in [1.165, 1.54) is 4.31 Å². The van der Waals surface area contributed by atoms with Crippen LogP contribution in [0.5, 0.6) is 5.75 Å². The van der Waals surface area contributed by atoms with Crippen LogP contribution in [0.25, 0.3) is 0 Å². The molecule has 1 N–H and O–H groups in total. The Bertz CT molecular complexity index is 1170. The van der Waals surface area contributed by atoms with E-state index in [9.17, 15) is 18.0 Å². The van der Waals surface area contributed by atoms with Crippen molar-refractivity contribution in [3.8, 4) is 5.75 Å². The molecule has 0 aliphatic rings. The topological polar surface area (TPSA) is 96.0 Å². The molecule has 210 valence electrons. The second-order valence-corrected chi connectivity index (χ2v) is 11.8. The number of rotatable bonds is 15. The second kappa shape index (κ2) is 14.8. The maximum Gasteiger partial charge on any atom is 0.242 e. The van der Waals surface area contributed by atoms with Gasteiger partial charge < -0.3 is 15.0 Å². The monoisotopic (exact) mass is 545 g/mol. The molecule has 8 nitrogen and oxygen atoms in total. The van der Waals surface area contributed by atoms with Crippen LogP contribution in [-0.2, 0) is 26.2 Å². The first-order valence-corrected chi connectivity index (χ1v) is 15.1. The van der Waals surface area contributed by atoms with Gasteiger partial charge in [-0.25, -0.2) is 8.42 Å². The smallest absolute Gasteiger partial charge is 0.242 e. The predicted molar refractivity (Wildman–Crippen MR) is 153 cm³/mol. The van der Waals surface area contributed by atoms with Crippen molar-refractivity contribution in [3.05, 3.63) is 59.7 Å². The molecule has 38 heavy (non-hydrogen) atoms. The minimum Gasteiger partial charge on any atom is -0.492 e. The number of para-hydroxylation sites is 2. The Labute approximate surface area is 228 Å². The zero-order chi connectivity index (χ0) is 28.3. The average Bonchev–Trinajstić information content (AvgIpc) is 2.85. The Hall–Kier alpha value is -3.07. The number of anilines is 1. The van der Waals surface area contributed by atoms with Gasteiger partial charge in [0, 0.05) is 26.1 Å². The van der Waals surface area contributed by atoms with Crippen LogP contribution in [0.4, 0.5) is 5.69 Å². The van der Waals surface area contributed by atoms with Crippen LogP contribution < -0.4 is 14.4 Å². The molecule has 0 bridgehead atoms. The van der Waals surface area contributed by atoms with Gasteiger partial charge in [0.25, 0.3) is 0 Å². The summed E-state index contributed by atoms with van der Waals surface area (Å²) in [6.07, 6.45) is 2.01. The van der Waals surface area contributed by atoms with E-state index in [-0.39, 0.29) is 24.8 Å². The third kappa shape index (κ3) is 9.35. The van der Waals surface area contributed by atoms with Crippen LogP contribution in [0, 0.1) is 12.8 Å². The van der Waals surface area contributed by atoms with Crippen molar-refractivity contribution in [2.45, 2.75) is 66.5 Å². The summed E-state index contributed by atoms with van der Waals surface area (Å²) < 4.78 is 32.2. The first-order chi connectivity index (χ1) is 18.0. The van der Waals surface area contributed by atoms with Gasteiger partial charge >= 0.3 is 0 Å². The molecular weight excluding hydrogens is 502 g/mol. The number of nitrogens with one attached hydrogen (secondary N) is 1. The van der Waals surface area contributed by atoms with E-state index in [1.54, 1.807) is 29.2 Å². The standard InChI is InChI=1S/C29H43N3O5S/c1-7-25(29(34)30-20-22(3)4)31(21-24-14-11-13-23(5)19-24)28(33)17-12-18-32(38(6,35)36)26-15-9-10-16-27(26)37-8-2/h9-11,13-16,19,22,25H,7-8,12,17-18,20-21H2,1-6H3,(H,30,34)/t25-/m1/s1. The number of hydrogen-bond acceptors (Lipinski definition) is 5. The van der Waals surface area contributed by atoms with Crippen LogP contribution in [0.1, 0.15) is 58.1 Å². The number of sulfonamides is 1. The lowest BCUT2D eigenvalue weighted by Gasteiger charge is -2.31. The summed E-state index contributed by atoms with van der Waals surface area (Å²) in [4.78, 5) is 28.3. The largest absolute Gasteiger partial charge is 0.492 e. The number of carbonyl (C=O) groups is 2. The highest BCUT2D eigenvalue weighted by atomic mass is 32.2. The molecule has 2 amide bonds. The van der Waals surface area contributed by atoms with Crippen molar-refractivity contribution in [2.24, 2.45) is 5.92 Å². The van der Waals surface area contributed by atoms with E-state index in [2.05, 4.69) is 5.32 Å². The lowest BCUT2D eigenvalue weighted by Crippen LogP contribution is -2.49. The van der Waals surface area contributed by atoms with Crippen LogP contribution in [0.2, 0.25) is 0 Å². The summed E-state index contributed by atoms with van der Waals surface area (Å²) in [7, 11) is -3.62. The molecular formula is C29H43N3O5S. The van der Waals surface area contributed by atoms with Crippen molar-refractivity contribution in [3.63, 3.8) is 0 Å². The highest BCUT2D eigenvalue weighted by Crippen LogP contribution is 2.30. The number of nitrogens with zero attached hydrogens (tertiary/aromatic N) is 2. The minimum absolute atomic E-state index is 0.0998. The highest BCUT2D eigenvalue weighted by molar-refractivity contribution is 7.92. The zero-order valence-electron chi connectivity index (χ0n) is 23.6. The Kier molecular flexibility index (Phi) is 12.1. The van der Waals surface area contributed by atoms with Gasteiger partial charge in [-0.3, -0.25) is 13.9 Å². The zero-order valence-corrected chi connectivity index (χ0v) is 24.4. The quantitative estimate of drug-likeness (QED) is 0.355. The number of benzene rings is 2. The lowest BCUT2D eigenvalue weighted by molar-refractivity contribution is -0.141. The highest BCUT2D eigenvalue weighted by Gasteiger charge is 2.29. The number of aryl methyl sites for hydroxylation is 1. The molecule has 0 unspecified atom stereocenters. The molecule has 0 fully saturated rings. The average molecular weight is 546 g/mol.